The number of nitrogens with zero attached hydrogens (tertiary/aromatic N) is 3. The highest BCUT2D eigenvalue weighted by Crippen LogP contribution is 2.19. The molecule has 0 atom stereocenters. The molecular formula is C12H8BrClN4O. The van der Waals surface area contributed by atoms with Crippen LogP contribution in [0.4, 0.5) is 5.82 Å². The van der Waals surface area contributed by atoms with Crippen LogP contribution in [0.5, 0.6) is 0 Å². The Kier molecular flexibility index (Phi) is 4.20. The van der Waals surface area contributed by atoms with Gasteiger partial charge in [-0.1, -0.05) is 15.9 Å². The van der Waals surface area contributed by atoms with Crippen LogP contribution in [-0.4, -0.2) is 21.6 Å². The predicted molar refractivity (Wildman–Crippen MR) is 75.3 cm³/mol. The summed E-state index contributed by atoms with van der Waals surface area (Å²) >= 11 is 8.79. The second kappa shape index (κ2) is 5.87. The van der Waals surface area contributed by atoms with Crippen molar-refractivity contribution in [3.8, 4) is 11.8 Å². The van der Waals surface area contributed by atoms with Gasteiger partial charge >= 0.3 is 0 Å². The maximum Gasteiger partial charge on any atom is 0.240 e. The Morgan fingerprint density at radius 2 is 2.16 bits per heavy atom. The van der Waals surface area contributed by atoms with Gasteiger partial charge in [-0.05, 0) is 24.3 Å². The van der Waals surface area contributed by atoms with Crippen LogP contribution in [0.15, 0.2) is 34.8 Å². The first-order valence-corrected chi connectivity index (χ1v) is 6.58. The van der Waals surface area contributed by atoms with Gasteiger partial charge in [0.25, 0.3) is 0 Å². The van der Waals surface area contributed by atoms with Crippen LogP contribution < -0.4 is 5.32 Å². The number of nitriles is 1. The van der Waals surface area contributed by atoms with E-state index in [1.165, 1.54) is 10.7 Å². The molecule has 0 unspecified atom stereocenters. The maximum absolute atomic E-state index is 11.3. The van der Waals surface area contributed by atoms with Crippen molar-refractivity contribution in [2.75, 3.05) is 11.2 Å². The Labute approximate surface area is 122 Å². The van der Waals surface area contributed by atoms with E-state index in [-0.39, 0.29) is 17.5 Å². The van der Waals surface area contributed by atoms with E-state index in [1.807, 2.05) is 30.3 Å². The van der Waals surface area contributed by atoms with Crippen LogP contribution >= 0.6 is 27.5 Å². The molecule has 5 nitrogen and oxygen atoms in total. The zero-order valence-electron chi connectivity index (χ0n) is 9.60. The number of alkyl halides is 1. The number of nitrogens with one attached hydrogen (secondary N) is 1. The number of halogens is 2. The Morgan fingerprint density at radius 3 is 2.74 bits per heavy atom. The molecule has 1 aromatic heterocycles. The van der Waals surface area contributed by atoms with Crippen molar-refractivity contribution in [1.29, 1.82) is 5.26 Å². The molecule has 1 amide bonds. The first kappa shape index (κ1) is 13.6. The molecule has 0 saturated heterocycles. The third kappa shape index (κ3) is 3.13. The van der Waals surface area contributed by atoms with Gasteiger partial charge in [0.15, 0.2) is 5.69 Å². The Balaban J connectivity index is 2.43. The molecule has 19 heavy (non-hydrogen) atoms. The molecule has 0 fully saturated rings. The molecule has 7 heteroatoms. The van der Waals surface area contributed by atoms with Gasteiger partial charge in [-0.25, -0.2) is 4.68 Å². The normalized spacial score (nSPS) is 9.95. The molecular weight excluding hydrogens is 332 g/mol. The van der Waals surface area contributed by atoms with Crippen LogP contribution in [0, 0.1) is 11.3 Å². The summed E-state index contributed by atoms with van der Waals surface area (Å²) in [4.78, 5) is 11.3. The van der Waals surface area contributed by atoms with Gasteiger partial charge in [0.05, 0.1) is 5.69 Å². The van der Waals surface area contributed by atoms with Gasteiger partial charge < -0.3 is 5.32 Å². The summed E-state index contributed by atoms with van der Waals surface area (Å²) in [6, 6.07) is 10.7. The lowest BCUT2D eigenvalue weighted by Crippen LogP contribution is -2.15. The van der Waals surface area contributed by atoms with Crippen molar-refractivity contribution >= 4 is 39.3 Å². The highest BCUT2D eigenvalue weighted by atomic mass is 79.9. The molecule has 0 aliphatic carbocycles. The molecule has 2 aromatic rings. The number of aromatic nitrogens is 2. The fourth-order valence-electron chi connectivity index (χ4n) is 1.48. The quantitative estimate of drug-likeness (QED) is 0.874. The third-order valence-corrected chi connectivity index (χ3v) is 3.06. The molecule has 0 spiro atoms. The lowest BCUT2D eigenvalue weighted by atomic mass is 10.3. The number of benzene rings is 1. The third-order valence-electron chi connectivity index (χ3n) is 2.28. The molecule has 0 saturated carbocycles. The smallest absolute Gasteiger partial charge is 0.240 e. The fraction of sp³-hybridized carbons (Fsp3) is 0.0833. The van der Waals surface area contributed by atoms with Crippen LogP contribution in [0.3, 0.4) is 0 Å². The van der Waals surface area contributed by atoms with Crippen molar-refractivity contribution in [3.05, 3.63) is 40.5 Å². The van der Waals surface area contributed by atoms with Crippen molar-refractivity contribution < 1.29 is 4.79 Å². The molecule has 96 valence electrons. The fourth-order valence-corrected chi connectivity index (χ4v) is 1.81. The second-order valence-electron chi connectivity index (χ2n) is 3.60. The van der Waals surface area contributed by atoms with Crippen molar-refractivity contribution in [2.24, 2.45) is 0 Å². The van der Waals surface area contributed by atoms with E-state index in [0.717, 1.165) is 10.2 Å². The summed E-state index contributed by atoms with van der Waals surface area (Å²) < 4.78 is 2.41. The average molecular weight is 340 g/mol. The van der Waals surface area contributed by atoms with E-state index < -0.39 is 0 Å². The minimum atomic E-state index is -0.357. The van der Waals surface area contributed by atoms with E-state index >= 15 is 0 Å². The maximum atomic E-state index is 11.3. The van der Waals surface area contributed by atoms with Gasteiger partial charge in [-0.15, -0.1) is 11.6 Å². The van der Waals surface area contributed by atoms with E-state index in [1.54, 1.807) is 0 Å². The Hall–Kier alpha value is -1.84. The largest absolute Gasteiger partial charge is 0.310 e. The topological polar surface area (TPSA) is 70.7 Å². The summed E-state index contributed by atoms with van der Waals surface area (Å²) in [6.45, 7) is 0. The van der Waals surface area contributed by atoms with Crippen LogP contribution in [0.2, 0.25) is 0 Å². The predicted octanol–water partition coefficient (Wildman–Crippen LogP) is 2.68. The summed E-state index contributed by atoms with van der Waals surface area (Å²) in [5, 5.41) is 15.6. The molecule has 0 bridgehead atoms. The van der Waals surface area contributed by atoms with Gasteiger partial charge in [-0.2, -0.15) is 10.4 Å². The minimum absolute atomic E-state index is 0.159. The van der Waals surface area contributed by atoms with E-state index in [9.17, 15) is 4.79 Å². The number of hydrogen-bond donors (Lipinski definition) is 1. The number of carbonyl (C=O) groups excluding carboxylic acids is 1. The summed E-state index contributed by atoms with van der Waals surface area (Å²) in [6.07, 6.45) is 0. The second-order valence-corrected chi connectivity index (χ2v) is 4.78. The van der Waals surface area contributed by atoms with Gasteiger partial charge in [0, 0.05) is 10.5 Å². The first-order valence-electron chi connectivity index (χ1n) is 5.26. The molecule has 1 heterocycles. The van der Waals surface area contributed by atoms with Gasteiger partial charge in [0.2, 0.25) is 5.91 Å². The minimum Gasteiger partial charge on any atom is -0.310 e. The summed E-state index contributed by atoms with van der Waals surface area (Å²) in [5.41, 5.74) is 0.947. The summed E-state index contributed by atoms with van der Waals surface area (Å²) in [5.74, 6) is -0.109. The molecule has 0 aliphatic rings. The molecule has 2 rings (SSSR count). The standard InChI is InChI=1S/C12H8BrClN4O/c13-8-1-3-10(4-2-8)18-11(16-12(19)6-14)5-9(7-15)17-18/h1-5H,6H2,(H,16,19). The molecule has 0 radical (unpaired) electrons. The zero-order valence-corrected chi connectivity index (χ0v) is 11.9. The SMILES string of the molecule is N#Cc1cc(NC(=O)CCl)n(-c2ccc(Br)cc2)n1. The number of amides is 1. The van der Waals surface area contributed by atoms with Gasteiger partial charge in [0.1, 0.15) is 17.8 Å². The number of hydrogen-bond acceptors (Lipinski definition) is 3. The van der Waals surface area contributed by atoms with Crippen molar-refractivity contribution in [2.45, 2.75) is 0 Å². The van der Waals surface area contributed by atoms with Gasteiger partial charge in [-0.3, -0.25) is 4.79 Å². The molecule has 0 aliphatic heterocycles. The van der Waals surface area contributed by atoms with Crippen molar-refractivity contribution in [3.63, 3.8) is 0 Å². The van der Waals surface area contributed by atoms with Crippen LogP contribution in [0.1, 0.15) is 5.69 Å². The van der Waals surface area contributed by atoms with E-state index in [0.29, 0.717) is 5.82 Å². The lowest BCUT2D eigenvalue weighted by Gasteiger charge is -2.07. The average Bonchev–Trinajstić information content (AvgIpc) is 2.82. The first-order chi connectivity index (χ1) is 9.13. The summed E-state index contributed by atoms with van der Waals surface area (Å²) in [7, 11) is 0. The molecule has 1 aromatic carbocycles. The molecule has 1 N–H and O–H groups in total. The van der Waals surface area contributed by atoms with Crippen LogP contribution in [0.25, 0.3) is 5.69 Å². The number of carbonyl (C=O) groups is 1. The van der Waals surface area contributed by atoms with Crippen LogP contribution in [-0.2, 0) is 4.79 Å². The van der Waals surface area contributed by atoms with E-state index in [4.69, 9.17) is 16.9 Å². The van der Waals surface area contributed by atoms with Crippen molar-refractivity contribution in [1.82, 2.24) is 9.78 Å². The monoisotopic (exact) mass is 338 g/mol. The Morgan fingerprint density at radius 1 is 1.47 bits per heavy atom. The number of rotatable bonds is 3. The highest BCUT2D eigenvalue weighted by molar-refractivity contribution is 9.10. The number of anilines is 1. The zero-order chi connectivity index (χ0) is 13.8. The Bertz CT molecular complexity index is 645. The highest BCUT2D eigenvalue weighted by Gasteiger charge is 2.11. The van der Waals surface area contributed by atoms with E-state index in [2.05, 4.69) is 26.3 Å². The lowest BCUT2D eigenvalue weighted by molar-refractivity contribution is -0.114.